The Kier molecular flexibility index (Phi) is 6.74. The van der Waals surface area contributed by atoms with Crippen molar-refractivity contribution in [2.75, 3.05) is 0 Å². The van der Waals surface area contributed by atoms with Crippen molar-refractivity contribution < 1.29 is 12.3 Å². The van der Waals surface area contributed by atoms with Crippen LogP contribution in [0.4, 0.5) is 0 Å². The van der Waals surface area contributed by atoms with Crippen LogP contribution < -0.4 is 4.40 Å². The summed E-state index contributed by atoms with van der Waals surface area (Å²) in [6.45, 7) is 0. The van der Waals surface area contributed by atoms with Gasteiger partial charge in [0.05, 0.1) is 0 Å². The molecule has 0 aromatic heterocycles. The molecule has 0 unspecified atom stereocenters. The van der Waals surface area contributed by atoms with Crippen LogP contribution in [-0.4, -0.2) is 13.3 Å². The summed E-state index contributed by atoms with van der Waals surface area (Å²) in [6.07, 6.45) is 0. The number of fused-ring (bicyclic) bond motifs is 7. The third kappa shape index (κ3) is 6.05. The van der Waals surface area contributed by atoms with E-state index in [4.69, 9.17) is 5.48 Å². The van der Waals surface area contributed by atoms with Crippen molar-refractivity contribution in [2.24, 2.45) is 0 Å². The van der Waals surface area contributed by atoms with Crippen molar-refractivity contribution in [3.8, 4) is 55.6 Å². The second kappa shape index (κ2) is 14.5. The number of benzene rings is 11. The number of hydrogen-bond donors (Lipinski definition) is 0. The van der Waals surface area contributed by atoms with E-state index in [-0.39, 0.29) is 34.0 Å². The van der Waals surface area contributed by atoms with Crippen LogP contribution in [-0.2, 0) is 0 Å². The van der Waals surface area contributed by atoms with Crippen LogP contribution in [0, 0.1) is 0 Å². The van der Waals surface area contributed by atoms with E-state index in [1.807, 2.05) is 42.5 Å². The molecule has 0 saturated carbocycles. The summed E-state index contributed by atoms with van der Waals surface area (Å²) < 4.78 is 84.0. The first-order valence-electron chi connectivity index (χ1n) is 24.9. The standard InChI is InChI=1S/C59H44Ge/c1-60(2,3)44-32-34-51-56(37-44)57(42-24-11-6-12-25-42)49-29-17-18-30-50(49)58(51)59-53(39-19-7-4-8-20-39)35-43(36-54(59)40-21-9-5-10-22-40)52-38-55-45-26-14-13-23-41(45)31-33-48(55)46-27-15-16-28-47(46)52/h4-38H,1-3H3/i6D,11D,12D,17D,18D,24D,25D,29D,30D. The van der Waals surface area contributed by atoms with E-state index in [2.05, 4.69) is 133 Å². The summed E-state index contributed by atoms with van der Waals surface area (Å²) in [6, 6.07) is 50.4. The number of hydrogen-bond acceptors (Lipinski definition) is 0. The molecule has 0 aliphatic rings. The number of rotatable bonds is 6. The van der Waals surface area contributed by atoms with Gasteiger partial charge in [-0.15, -0.1) is 0 Å². The van der Waals surface area contributed by atoms with E-state index in [0.717, 1.165) is 75.7 Å². The van der Waals surface area contributed by atoms with Gasteiger partial charge in [0.15, 0.2) is 0 Å². The molecule has 60 heavy (non-hydrogen) atoms. The van der Waals surface area contributed by atoms with Crippen LogP contribution in [0.2, 0.25) is 17.3 Å². The van der Waals surface area contributed by atoms with E-state index in [1.54, 1.807) is 0 Å². The maximum absolute atomic E-state index is 9.90. The van der Waals surface area contributed by atoms with Gasteiger partial charge in [-0.25, -0.2) is 0 Å². The summed E-state index contributed by atoms with van der Waals surface area (Å²) in [4.78, 5) is 0. The van der Waals surface area contributed by atoms with Gasteiger partial charge in [-0.05, 0) is 16.2 Å². The molecular formula is C59H44Ge. The molecule has 0 aliphatic heterocycles. The molecule has 1 heteroatoms. The van der Waals surface area contributed by atoms with Crippen LogP contribution >= 0.6 is 0 Å². The fourth-order valence-electron chi connectivity index (χ4n) is 9.14. The molecule has 0 spiro atoms. The Morgan fingerprint density at radius 3 is 1.53 bits per heavy atom. The van der Waals surface area contributed by atoms with Gasteiger partial charge in [-0.2, -0.15) is 0 Å². The molecule has 0 saturated heterocycles. The molecular weight excluding hydrogens is 781 g/mol. The average Bonchev–Trinajstić information content (AvgIpc) is 3.37. The van der Waals surface area contributed by atoms with E-state index >= 15 is 0 Å². The predicted octanol–water partition coefficient (Wildman–Crippen LogP) is 16.3. The maximum atomic E-state index is 9.90. The first-order valence-corrected chi connectivity index (χ1v) is 27.7. The van der Waals surface area contributed by atoms with Gasteiger partial charge in [-0.3, -0.25) is 0 Å². The molecule has 284 valence electrons. The summed E-state index contributed by atoms with van der Waals surface area (Å²) in [7, 11) is 0. The van der Waals surface area contributed by atoms with Crippen molar-refractivity contribution >= 4 is 71.5 Å². The van der Waals surface area contributed by atoms with Crippen LogP contribution in [0.15, 0.2) is 212 Å². The zero-order valence-corrected chi connectivity index (χ0v) is 35.6. The second-order valence-electron chi connectivity index (χ2n) is 16.5. The Morgan fingerprint density at radius 1 is 0.317 bits per heavy atom. The normalized spacial score (nSPS) is 14.0. The third-order valence-electron chi connectivity index (χ3n) is 12.0. The third-order valence-corrected chi connectivity index (χ3v) is 16.3. The van der Waals surface area contributed by atoms with Crippen LogP contribution in [0.5, 0.6) is 0 Å². The van der Waals surface area contributed by atoms with Crippen molar-refractivity contribution in [1.29, 1.82) is 0 Å². The summed E-state index contributed by atoms with van der Waals surface area (Å²) in [5, 5.41) is 8.26. The summed E-state index contributed by atoms with van der Waals surface area (Å²) in [5.41, 5.74) is 6.81. The molecule has 0 amide bonds. The molecule has 0 fully saturated rings. The minimum atomic E-state index is -2.72. The van der Waals surface area contributed by atoms with Crippen LogP contribution in [0.3, 0.4) is 0 Å². The molecule has 0 radical (unpaired) electrons. The molecule has 0 aliphatic carbocycles. The average molecular weight is 835 g/mol. The van der Waals surface area contributed by atoms with Gasteiger partial charge < -0.3 is 0 Å². The van der Waals surface area contributed by atoms with E-state index in [0.29, 0.717) is 16.3 Å². The van der Waals surface area contributed by atoms with E-state index in [9.17, 15) is 6.85 Å². The minimum absolute atomic E-state index is 0.0927. The zero-order chi connectivity index (χ0) is 48.2. The molecule has 0 nitrogen and oxygen atoms in total. The van der Waals surface area contributed by atoms with Gasteiger partial charge in [0.25, 0.3) is 0 Å². The topological polar surface area (TPSA) is 0 Å². The second-order valence-corrected chi connectivity index (χ2v) is 27.2. The van der Waals surface area contributed by atoms with Crippen molar-refractivity contribution in [2.45, 2.75) is 17.3 Å². The Labute approximate surface area is 367 Å². The van der Waals surface area contributed by atoms with Gasteiger partial charge >= 0.3 is 298 Å². The van der Waals surface area contributed by atoms with Crippen LogP contribution in [0.25, 0.3) is 109 Å². The summed E-state index contributed by atoms with van der Waals surface area (Å²) >= 11 is -2.72. The Balaban J connectivity index is 1.40. The first-order chi connectivity index (χ1) is 33.1. The van der Waals surface area contributed by atoms with E-state index < -0.39 is 55.6 Å². The van der Waals surface area contributed by atoms with Gasteiger partial charge in [0, 0.05) is 0 Å². The zero-order valence-electron chi connectivity index (χ0n) is 42.5. The summed E-state index contributed by atoms with van der Waals surface area (Å²) in [5.74, 6) is 6.79. The molecule has 0 N–H and O–H groups in total. The predicted molar refractivity (Wildman–Crippen MR) is 264 cm³/mol. The quantitative estimate of drug-likeness (QED) is 0.0889. The van der Waals surface area contributed by atoms with Crippen molar-refractivity contribution in [3.05, 3.63) is 212 Å². The van der Waals surface area contributed by atoms with E-state index in [1.165, 1.54) is 0 Å². The first kappa shape index (κ1) is 27.9. The fraction of sp³-hybridized carbons (Fsp3) is 0.0508. The monoisotopic (exact) mass is 835 g/mol. The Morgan fingerprint density at radius 2 is 0.867 bits per heavy atom. The molecule has 11 aromatic carbocycles. The van der Waals surface area contributed by atoms with Crippen molar-refractivity contribution in [1.82, 2.24) is 0 Å². The van der Waals surface area contributed by atoms with Gasteiger partial charge in [-0.1, -0.05) is 54.6 Å². The molecule has 0 atom stereocenters. The molecule has 0 heterocycles. The van der Waals surface area contributed by atoms with Gasteiger partial charge in [0.2, 0.25) is 0 Å². The fourth-order valence-corrected chi connectivity index (χ4v) is 11.6. The Bertz CT molecular complexity index is 3880. The Hall–Kier alpha value is -6.74. The van der Waals surface area contributed by atoms with Gasteiger partial charge in [0.1, 0.15) is 0 Å². The molecule has 11 aromatic rings. The molecule has 0 bridgehead atoms. The van der Waals surface area contributed by atoms with Crippen LogP contribution in [0.1, 0.15) is 12.3 Å². The SMILES string of the molecule is [2H]c1c([2H])c([2H])c(-c2c3c[c]([Ge]([CH3])([CH3])[CH3])ccc3c(-c3c(-c4ccccc4)cc(-c4cc5c6ccccc6ccc5c5ccccc45)cc3-c3ccccc3)c3c([2H])c([2H])c([2H])c([2H])c23)c([2H])c1[2H]. The van der Waals surface area contributed by atoms with Crippen molar-refractivity contribution in [3.63, 3.8) is 0 Å². The molecule has 11 rings (SSSR count).